The number of hydrogen-bond donors (Lipinski definition) is 1. The third-order valence-electron chi connectivity index (χ3n) is 5.54. The fourth-order valence-electron chi connectivity index (χ4n) is 3.84. The molecule has 1 aromatic carbocycles. The Morgan fingerprint density at radius 2 is 2.00 bits per heavy atom. The molecular weight excluding hydrogens is 368 g/mol. The molecule has 29 heavy (non-hydrogen) atoms. The minimum Gasteiger partial charge on any atom is -0.454 e. The molecule has 1 N–H and O–H groups in total. The molecule has 0 spiro atoms. The molecule has 1 saturated heterocycles. The molecule has 7 heteroatoms. The van der Waals surface area contributed by atoms with E-state index in [1.165, 1.54) is 0 Å². The second kappa shape index (κ2) is 7.33. The van der Waals surface area contributed by atoms with Crippen LogP contribution in [0.1, 0.15) is 13.3 Å². The summed E-state index contributed by atoms with van der Waals surface area (Å²) in [6.07, 6.45) is 5.87. The summed E-state index contributed by atoms with van der Waals surface area (Å²) >= 11 is 0. The Kier molecular flexibility index (Phi) is 4.52. The second-order valence-corrected chi connectivity index (χ2v) is 7.52. The molecule has 7 nitrogen and oxygen atoms in total. The zero-order chi connectivity index (χ0) is 19.8. The molecule has 5 rings (SSSR count). The molecule has 0 radical (unpaired) electrons. The van der Waals surface area contributed by atoms with Crippen LogP contribution < -0.4 is 14.4 Å². The van der Waals surface area contributed by atoms with Gasteiger partial charge in [0.25, 0.3) is 0 Å². The van der Waals surface area contributed by atoms with Gasteiger partial charge in [0.1, 0.15) is 0 Å². The number of benzene rings is 1. The van der Waals surface area contributed by atoms with Crippen LogP contribution in [0.4, 0.5) is 5.95 Å². The molecule has 0 saturated carbocycles. The molecule has 0 aliphatic carbocycles. The van der Waals surface area contributed by atoms with E-state index in [4.69, 9.17) is 14.5 Å². The molecule has 0 amide bonds. The third kappa shape index (κ3) is 3.38. The van der Waals surface area contributed by atoms with Crippen LogP contribution in [0.15, 0.2) is 48.9 Å². The van der Waals surface area contributed by atoms with Crippen LogP contribution in [-0.2, 0) is 0 Å². The third-order valence-corrected chi connectivity index (χ3v) is 5.54. The molecule has 4 heterocycles. The highest BCUT2D eigenvalue weighted by molar-refractivity contribution is 5.81. The number of pyridine rings is 1. The Morgan fingerprint density at radius 3 is 2.83 bits per heavy atom. The highest BCUT2D eigenvalue weighted by Gasteiger charge is 2.26. The molecule has 2 aliphatic rings. The number of aromatic nitrogens is 3. The van der Waals surface area contributed by atoms with E-state index in [-0.39, 0.29) is 18.8 Å². The van der Waals surface area contributed by atoms with Gasteiger partial charge in [0.15, 0.2) is 11.5 Å². The van der Waals surface area contributed by atoms with Gasteiger partial charge in [-0.05, 0) is 42.2 Å². The van der Waals surface area contributed by atoms with Crippen LogP contribution in [0.5, 0.6) is 11.5 Å². The zero-order valence-electron chi connectivity index (χ0n) is 16.2. The van der Waals surface area contributed by atoms with Gasteiger partial charge in [-0.3, -0.25) is 4.98 Å². The Hall–Kier alpha value is -3.19. The van der Waals surface area contributed by atoms with E-state index < -0.39 is 0 Å². The number of hydrogen-bond acceptors (Lipinski definition) is 7. The van der Waals surface area contributed by atoms with E-state index in [1.807, 2.05) is 42.7 Å². The van der Waals surface area contributed by atoms with E-state index in [0.717, 1.165) is 53.4 Å². The lowest BCUT2D eigenvalue weighted by Gasteiger charge is -2.34. The molecular formula is C22H22N4O3. The lowest BCUT2D eigenvalue weighted by Crippen LogP contribution is -2.42. The maximum atomic E-state index is 10.0. The first-order chi connectivity index (χ1) is 14.2. The van der Waals surface area contributed by atoms with Gasteiger partial charge < -0.3 is 19.5 Å². The largest absolute Gasteiger partial charge is 0.454 e. The second-order valence-electron chi connectivity index (χ2n) is 7.52. The van der Waals surface area contributed by atoms with Gasteiger partial charge in [-0.2, -0.15) is 0 Å². The van der Waals surface area contributed by atoms with E-state index in [9.17, 15) is 5.11 Å². The van der Waals surface area contributed by atoms with Crippen molar-refractivity contribution in [2.45, 2.75) is 19.4 Å². The minimum absolute atomic E-state index is 0.183. The highest BCUT2D eigenvalue weighted by Crippen LogP contribution is 2.38. The van der Waals surface area contributed by atoms with Gasteiger partial charge in [0.05, 0.1) is 11.8 Å². The van der Waals surface area contributed by atoms with E-state index >= 15 is 0 Å². The average molecular weight is 390 g/mol. The van der Waals surface area contributed by atoms with Crippen LogP contribution in [0, 0.1) is 5.92 Å². The number of aliphatic hydroxyl groups excluding tert-OH is 1. The first kappa shape index (κ1) is 17.9. The molecule has 0 unspecified atom stereocenters. The van der Waals surface area contributed by atoms with Gasteiger partial charge in [-0.1, -0.05) is 13.0 Å². The summed E-state index contributed by atoms with van der Waals surface area (Å²) in [7, 11) is 0. The van der Waals surface area contributed by atoms with Crippen LogP contribution >= 0.6 is 0 Å². The lowest BCUT2D eigenvalue weighted by molar-refractivity contribution is 0.0966. The first-order valence-corrected chi connectivity index (χ1v) is 9.79. The van der Waals surface area contributed by atoms with Crippen molar-refractivity contribution in [3.8, 4) is 33.9 Å². The summed E-state index contributed by atoms with van der Waals surface area (Å²) in [6, 6.07) is 9.76. The summed E-state index contributed by atoms with van der Waals surface area (Å²) in [5, 5.41) is 10.0. The zero-order valence-corrected chi connectivity index (χ0v) is 16.2. The fraction of sp³-hybridized carbons (Fsp3) is 0.318. The number of fused-ring (bicyclic) bond motifs is 1. The van der Waals surface area contributed by atoms with E-state index in [0.29, 0.717) is 5.95 Å². The van der Waals surface area contributed by atoms with E-state index in [1.54, 1.807) is 6.20 Å². The minimum atomic E-state index is -0.267. The SMILES string of the molecule is C[C@@H]1CN(c2ncc(-c3ccc4c(c3)OCO4)c(-c3cccnc3)n2)CC[C@@H]1O. The Labute approximate surface area is 169 Å². The molecule has 2 atom stereocenters. The van der Waals surface area contributed by atoms with Crippen LogP contribution in [0.3, 0.4) is 0 Å². The molecule has 1 fully saturated rings. The van der Waals surface area contributed by atoms with Gasteiger partial charge in [-0.15, -0.1) is 0 Å². The van der Waals surface area contributed by atoms with Crippen molar-refractivity contribution < 1.29 is 14.6 Å². The van der Waals surface area contributed by atoms with E-state index in [2.05, 4.69) is 21.8 Å². The molecule has 2 aliphatic heterocycles. The van der Waals surface area contributed by atoms with Crippen LogP contribution in [0.25, 0.3) is 22.4 Å². The lowest BCUT2D eigenvalue weighted by atomic mass is 9.97. The number of ether oxygens (including phenoxy) is 2. The number of aliphatic hydroxyl groups is 1. The normalized spacial score (nSPS) is 20.7. The molecule has 3 aromatic rings. The van der Waals surface area contributed by atoms with Crippen molar-refractivity contribution in [2.75, 3.05) is 24.8 Å². The fourth-order valence-corrected chi connectivity index (χ4v) is 3.84. The van der Waals surface area contributed by atoms with Gasteiger partial charge >= 0.3 is 0 Å². The van der Waals surface area contributed by atoms with Crippen molar-refractivity contribution in [2.24, 2.45) is 5.92 Å². The maximum absolute atomic E-state index is 10.0. The topological polar surface area (TPSA) is 80.6 Å². The Morgan fingerprint density at radius 1 is 1.10 bits per heavy atom. The van der Waals surface area contributed by atoms with Gasteiger partial charge in [0, 0.05) is 42.8 Å². The summed E-state index contributed by atoms with van der Waals surface area (Å²) in [6.45, 7) is 3.76. The summed E-state index contributed by atoms with van der Waals surface area (Å²) in [5.41, 5.74) is 3.61. The monoisotopic (exact) mass is 390 g/mol. The van der Waals surface area contributed by atoms with Crippen molar-refractivity contribution in [1.29, 1.82) is 0 Å². The van der Waals surface area contributed by atoms with Gasteiger partial charge in [-0.25, -0.2) is 9.97 Å². The number of piperidine rings is 1. The predicted octanol–water partition coefficient (Wildman–Crippen LogP) is 3.14. The van der Waals surface area contributed by atoms with Crippen molar-refractivity contribution >= 4 is 5.95 Å². The Bertz CT molecular complexity index is 1030. The number of rotatable bonds is 3. The molecule has 2 aromatic heterocycles. The molecule has 148 valence electrons. The van der Waals surface area contributed by atoms with Gasteiger partial charge in [0.2, 0.25) is 12.7 Å². The maximum Gasteiger partial charge on any atom is 0.231 e. The smallest absolute Gasteiger partial charge is 0.231 e. The average Bonchev–Trinajstić information content (AvgIpc) is 3.24. The number of anilines is 1. The summed E-state index contributed by atoms with van der Waals surface area (Å²) in [5.74, 6) is 2.33. The molecule has 0 bridgehead atoms. The summed E-state index contributed by atoms with van der Waals surface area (Å²) in [4.78, 5) is 16.0. The van der Waals surface area contributed by atoms with Crippen molar-refractivity contribution in [3.05, 3.63) is 48.9 Å². The van der Waals surface area contributed by atoms with Crippen LogP contribution in [-0.4, -0.2) is 46.0 Å². The summed E-state index contributed by atoms with van der Waals surface area (Å²) < 4.78 is 11.0. The van der Waals surface area contributed by atoms with Crippen LogP contribution in [0.2, 0.25) is 0 Å². The predicted molar refractivity (Wildman–Crippen MR) is 109 cm³/mol. The first-order valence-electron chi connectivity index (χ1n) is 9.79. The highest BCUT2D eigenvalue weighted by atomic mass is 16.7. The quantitative estimate of drug-likeness (QED) is 0.736. The van der Waals surface area contributed by atoms with Crippen molar-refractivity contribution in [1.82, 2.24) is 15.0 Å². The Balaban J connectivity index is 1.58. The number of nitrogens with zero attached hydrogens (tertiary/aromatic N) is 4. The standard InChI is InChI=1S/C22H22N4O3/c1-14-12-26(8-6-18(14)27)22-24-11-17(21(25-22)16-3-2-7-23-10-16)15-4-5-19-20(9-15)29-13-28-19/h2-5,7,9-11,14,18,27H,6,8,12-13H2,1H3/t14-,18+/m1/s1. The van der Waals surface area contributed by atoms with Crippen molar-refractivity contribution in [3.63, 3.8) is 0 Å².